The SMILES string of the molecule is CCS(=O)(=O)c1cc(=O)c2cc(C(=O)OC)cc(Br)c2o1. The second-order valence-corrected chi connectivity index (χ2v) is 7.22. The third-order valence-corrected chi connectivity index (χ3v) is 5.03. The molecule has 0 aliphatic carbocycles. The van der Waals surface area contributed by atoms with E-state index in [0.29, 0.717) is 4.47 Å². The summed E-state index contributed by atoms with van der Waals surface area (Å²) in [5.74, 6) is -0.790. The first-order valence-corrected chi connectivity index (χ1v) is 8.33. The fourth-order valence-corrected chi connectivity index (χ4v) is 3.05. The summed E-state index contributed by atoms with van der Waals surface area (Å²) < 4.78 is 33.8. The van der Waals surface area contributed by atoms with Gasteiger partial charge in [0, 0.05) is 6.07 Å². The summed E-state index contributed by atoms with van der Waals surface area (Å²) in [6.07, 6.45) is 0. The average Bonchev–Trinajstić information content (AvgIpc) is 2.46. The number of carbonyl (C=O) groups excluding carboxylic acids is 1. The lowest BCUT2D eigenvalue weighted by molar-refractivity contribution is 0.0601. The lowest BCUT2D eigenvalue weighted by atomic mass is 10.1. The lowest BCUT2D eigenvalue weighted by Gasteiger charge is -2.06. The molecule has 0 spiro atoms. The van der Waals surface area contributed by atoms with Crippen LogP contribution in [0.25, 0.3) is 11.0 Å². The molecule has 0 aliphatic heterocycles. The molecule has 0 atom stereocenters. The van der Waals surface area contributed by atoms with Crippen molar-refractivity contribution in [1.29, 1.82) is 0 Å². The fourth-order valence-electron chi connectivity index (χ4n) is 1.73. The Morgan fingerprint density at radius 1 is 1.33 bits per heavy atom. The molecule has 0 radical (unpaired) electrons. The van der Waals surface area contributed by atoms with Crippen LogP contribution in [0.2, 0.25) is 0 Å². The van der Waals surface area contributed by atoms with E-state index in [9.17, 15) is 18.0 Å². The zero-order valence-electron chi connectivity index (χ0n) is 11.2. The first-order valence-electron chi connectivity index (χ1n) is 5.88. The highest BCUT2D eigenvalue weighted by Crippen LogP contribution is 2.26. The second-order valence-electron chi connectivity index (χ2n) is 4.16. The Morgan fingerprint density at radius 2 is 2.00 bits per heavy atom. The molecule has 0 amide bonds. The van der Waals surface area contributed by atoms with Crippen LogP contribution in [0.3, 0.4) is 0 Å². The summed E-state index contributed by atoms with van der Waals surface area (Å²) in [4.78, 5) is 23.6. The quantitative estimate of drug-likeness (QED) is 0.764. The average molecular weight is 375 g/mol. The number of ether oxygens (including phenoxy) is 1. The van der Waals surface area contributed by atoms with Gasteiger partial charge >= 0.3 is 5.97 Å². The maximum Gasteiger partial charge on any atom is 0.337 e. The smallest absolute Gasteiger partial charge is 0.337 e. The van der Waals surface area contributed by atoms with Gasteiger partial charge < -0.3 is 9.15 Å². The predicted molar refractivity (Wildman–Crippen MR) is 79.3 cm³/mol. The van der Waals surface area contributed by atoms with Crippen LogP contribution in [-0.2, 0) is 14.6 Å². The molecular formula is C13H11BrO6S. The first kappa shape index (κ1) is 15.7. The van der Waals surface area contributed by atoms with Gasteiger partial charge in [-0.25, -0.2) is 13.2 Å². The highest BCUT2D eigenvalue weighted by atomic mass is 79.9. The number of sulfone groups is 1. The normalized spacial score (nSPS) is 11.6. The Balaban J connectivity index is 2.82. The van der Waals surface area contributed by atoms with Gasteiger partial charge in [0.05, 0.1) is 28.3 Å². The van der Waals surface area contributed by atoms with Crippen LogP contribution in [0, 0.1) is 0 Å². The number of esters is 1. The van der Waals surface area contributed by atoms with E-state index in [1.807, 2.05) is 0 Å². The minimum Gasteiger partial charge on any atom is -0.465 e. The number of halogens is 1. The molecule has 1 aromatic heterocycles. The van der Waals surface area contributed by atoms with Crippen molar-refractivity contribution >= 4 is 42.7 Å². The zero-order valence-corrected chi connectivity index (χ0v) is 13.6. The van der Waals surface area contributed by atoms with Gasteiger partial charge in [0.15, 0.2) is 11.0 Å². The third-order valence-electron chi connectivity index (χ3n) is 2.87. The molecule has 0 saturated carbocycles. The van der Waals surface area contributed by atoms with Crippen molar-refractivity contribution < 1.29 is 22.4 Å². The molecule has 21 heavy (non-hydrogen) atoms. The topological polar surface area (TPSA) is 90.7 Å². The van der Waals surface area contributed by atoms with Crippen molar-refractivity contribution in [2.75, 3.05) is 12.9 Å². The minimum atomic E-state index is -3.64. The maximum atomic E-state index is 12.1. The van der Waals surface area contributed by atoms with E-state index in [1.165, 1.54) is 26.2 Å². The third kappa shape index (κ3) is 2.86. The van der Waals surface area contributed by atoms with Gasteiger partial charge in [-0.3, -0.25) is 4.79 Å². The Hall–Kier alpha value is -1.67. The van der Waals surface area contributed by atoms with Gasteiger partial charge in [0.1, 0.15) is 0 Å². The molecule has 0 fully saturated rings. The molecule has 0 bridgehead atoms. The van der Waals surface area contributed by atoms with E-state index in [0.717, 1.165) is 6.07 Å². The zero-order chi connectivity index (χ0) is 15.8. The van der Waals surface area contributed by atoms with Crippen molar-refractivity contribution in [2.24, 2.45) is 0 Å². The van der Waals surface area contributed by atoms with Crippen molar-refractivity contribution in [3.8, 4) is 0 Å². The van der Waals surface area contributed by atoms with Crippen LogP contribution in [0.1, 0.15) is 17.3 Å². The number of methoxy groups -OCH3 is 1. The van der Waals surface area contributed by atoms with Crippen LogP contribution < -0.4 is 5.43 Å². The van der Waals surface area contributed by atoms with Gasteiger partial charge in [-0.2, -0.15) is 0 Å². The van der Waals surface area contributed by atoms with Gasteiger partial charge in [0.25, 0.3) is 0 Å². The lowest BCUT2D eigenvalue weighted by Crippen LogP contribution is -2.10. The summed E-state index contributed by atoms with van der Waals surface area (Å²) >= 11 is 3.17. The highest BCUT2D eigenvalue weighted by Gasteiger charge is 2.20. The number of fused-ring (bicyclic) bond motifs is 1. The summed E-state index contributed by atoms with van der Waals surface area (Å²) in [5.41, 5.74) is -0.313. The molecule has 1 aromatic carbocycles. The monoisotopic (exact) mass is 374 g/mol. The van der Waals surface area contributed by atoms with E-state index >= 15 is 0 Å². The maximum absolute atomic E-state index is 12.1. The predicted octanol–water partition coefficient (Wildman–Crippen LogP) is 2.14. The molecule has 112 valence electrons. The molecule has 0 saturated heterocycles. The van der Waals surface area contributed by atoms with Crippen LogP contribution in [0.4, 0.5) is 0 Å². The standard InChI is InChI=1S/C13H11BrO6S/c1-3-21(17,18)11-6-10(15)8-4-7(13(16)19-2)5-9(14)12(8)20-11/h4-6H,3H2,1-2H3. The number of carbonyl (C=O) groups is 1. The molecule has 2 rings (SSSR count). The van der Waals surface area contributed by atoms with Crippen LogP contribution in [-0.4, -0.2) is 27.2 Å². The van der Waals surface area contributed by atoms with Crippen molar-refractivity contribution in [3.63, 3.8) is 0 Å². The largest absolute Gasteiger partial charge is 0.465 e. The van der Waals surface area contributed by atoms with Crippen LogP contribution >= 0.6 is 15.9 Å². The van der Waals surface area contributed by atoms with Gasteiger partial charge in [-0.15, -0.1) is 0 Å². The van der Waals surface area contributed by atoms with Crippen molar-refractivity contribution in [3.05, 3.63) is 38.5 Å². The molecular weight excluding hydrogens is 364 g/mol. The Kier molecular flexibility index (Phi) is 4.20. The molecule has 6 nitrogen and oxygen atoms in total. The Labute approximate surface area is 128 Å². The van der Waals surface area contributed by atoms with Crippen molar-refractivity contribution in [1.82, 2.24) is 0 Å². The molecule has 0 unspecified atom stereocenters. The van der Waals surface area contributed by atoms with E-state index in [2.05, 4.69) is 20.7 Å². The molecule has 8 heteroatoms. The van der Waals surface area contributed by atoms with E-state index in [1.54, 1.807) is 0 Å². The second kappa shape index (κ2) is 5.61. The molecule has 1 heterocycles. The van der Waals surface area contributed by atoms with Crippen LogP contribution in [0.5, 0.6) is 0 Å². The Morgan fingerprint density at radius 3 is 2.57 bits per heavy atom. The molecule has 2 aromatic rings. The number of hydrogen-bond acceptors (Lipinski definition) is 6. The Bertz CT molecular complexity index is 881. The molecule has 0 N–H and O–H groups in total. The summed E-state index contributed by atoms with van der Waals surface area (Å²) in [5, 5.41) is -0.297. The van der Waals surface area contributed by atoms with Gasteiger partial charge in [-0.05, 0) is 28.1 Å². The van der Waals surface area contributed by atoms with E-state index < -0.39 is 26.3 Å². The number of rotatable bonds is 3. The van der Waals surface area contributed by atoms with E-state index in [4.69, 9.17) is 4.42 Å². The first-order chi connectivity index (χ1) is 9.80. The minimum absolute atomic E-state index is 0.0715. The van der Waals surface area contributed by atoms with Gasteiger partial charge in [0.2, 0.25) is 14.9 Å². The fraction of sp³-hybridized carbons (Fsp3) is 0.231. The van der Waals surface area contributed by atoms with Crippen LogP contribution in [0.15, 0.2) is 37.0 Å². The summed E-state index contributed by atoms with van der Waals surface area (Å²) in [6.45, 7) is 1.45. The van der Waals surface area contributed by atoms with Crippen molar-refractivity contribution in [2.45, 2.75) is 12.0 Å². The van der Waals surface area contributed by atoms with E-state index in [-0.39, 0.29) is 22.3 Å². The summed E-state index contributed by atoms with van der Waals surface area (Å²) in [7, 11) is -2.42. The summed E-state index contributed by atoms with van der Waals surface area (Å²) in [6, 6.07) is 3.62. The number of benzene rings is 1. The molecule has 0 aliphatic rings. The number of hydrogen-bond donors (Lipinski definition) is 0. The highest BCUT2D eigenvalue weighted by molar-refractivity contribution is 9.10. The van der Waals surface area contributed by atoms with Gasteiger partial charge in [-0.1, -0.05) is 6.92 Å².